The number of nitrogens with zero attached hydrogens (tertiary/aromatic N) is 2. The molecule has 2 unspecified atom stereocenters. The molecule has 1 N–H and O–H groups in total. The number of carbonyl (C=O) groups excluding carboxylic acids is 1. The van der Waals surface area contributed by atoms with Crippen LogP contribution >= 0.6 is 11.6 Å². The van der Waals surface area contributed by atoms with Crippen molar-refractivity contribution in [2.45, 2.75) is 18.9 Å². The molecule has 4 rings (SSSR count). The van der Waals surface area contributed by atoms with E-state index in [0.717, 1.165) is 17.5 Å². The molecule has 1 aliphatic rings. The molecule has 26 heavy (non-hydrogen) atoms. The minimum absolute atomic E-state index is 0.0167. The molecule has 1 amide bonds. The van der Waals surface area contributed by atoms with Gasteiger partial charge >= 0.3 is 0 Å². The summed E-state index contributed by atoms with van der Waals surface area (Å²) in [6, 6.07) is 15.7. The Bertz CT molecular complexity index is 921. The summed E-state index contributed by atoms with van der Waals surface area (Å²) in [5, 5.41) is 7.93. The maximum atomic E-state index is 13.0. The quantitative estimate of drug-likeness (QED) is 0.721. The number of benzene rings is 2. The highest BCUT2D eigenvalue weighted by Crippen LogP contribution is 2.48. The third-order valence-electron chi connectivity index (χ3n) is 4.58. The highest BCUT2D eigenvalue weighted by molar-refractivity contribution is 6.30. The Morgan fingerprint density at radius 1 is 1.15 bits per heavy atom. The SMILES string of the molecule is O=C(Nc1ccn(Cc2ccc(F)cc2)n1)C1CC1c1ccc(Cl)cc1. The number of amides is 1. The van der Waals surface area contributed by atoms with Gasteiger partial charge in [0.1, 0.15) is 5.82 Å². The van der Waals surface area contributed by atoms with Crippen molar-refractivity contribution in [1.29, 1.82) is 0 Å². The average Bonchev–Trinajstić information content (AvgIpc) is 3.32. The predicted octanol–water partition coefficient (Wildman–Crippen LogP) is 4.47. The van der Waals surface area contributed by atoms with Crippen molar-refractivity contribution in [2.75, 3.05) is 5.32 Å². The van der Waals surface area contributed by atoms with Crippen molar-refractivity contribution >= 4 is 23.3 Å². The number of anilines is 1. The second-order valence-electron chi connectivity index (χ2n) is 6.51. The fourth-order valence-electron chi connectivity index (χ4n) is 3.08. The second kappa shape index (κ2) is 6.92. The van der Waals surface area contributed by atoms with Crippen LogP contribution in [-0.4, -0.2) is 15.7 Å². The van der Waals surface area contributed by atoms with Crippen LogP contribution in [-0.2, 0) is 11.3 Å². The minimum Gasteiger partial charge on any atom is -0.309 e. The van der Waals surface area contributed by atoms with E-state index in [-0.39, 0.29) is 23.6 Å². The van der Waals surface area contributed by atoms with Crippen LogP contribution in [0.25, 0.3) is 0 Å². The van der Waals surface area contributed by atoms with Crippen molar-refractivity contribution in [1.82, 2.24) is 9.78 Å². The van der Waals surface area contributed by atoms with Gasteiger partial charge in [0.15, 0.2) is 5.82 Å². The molecule has 1 aliphatic carbocycles. The van der Waals surface area contributed by atoms with Gasteiger partial charge in [0, 0.05) is 23.2 Å². The molecule has 1 fully saturated rings. The Hall–Kier alpha value is -2.66. The summed E-state index contributed by atoms with van der Waals surface area (Å²) in [6.07, 6.45) is 2.63. The van der Waals surface area contributed by atoms with Gasteiger partial charge in [0.2, 0.25) is 5.91 Å². The van der Waals surface area contributed by atoms with E-state index < -0.39 is 0 Å². The Morgan fingerprint density at radius 3 is 2.62 bits per heavy atom. The molecule has 1 aromatic heterocycles. The third-order valence-corrected chi connectivity index (χ3v) is 4.83. The van der Waals surface area contributed by atoms with Crippen LogP contribution in [0.2, 0.25) is 5.02 Å². The van der Waals surface area contributed by atoms with Gasteiger partial charge in [0.25, 0.3) is 0 Å². The molecule has 1 heterocycles. The normalized spacial score (nSPS) is 18.5. The van der Waals surface area contributed by atoms with Gasteiger partial charge in [-0.1, -0.05) is 35.9 Å². The van der Waals surface area contributed by atoms with Gasteiger partial charge in [-0.2, -0.15) is 5.10 Å². The zero-order chi connectivity index (χ0) is 18.1. The van der Waals surface area contributed by atoms with Gasteiger partial charge in [-0.3, -0.25) is 9.48 Å². The molecule has 0 bridgehead atoms. The first-order valence-corrected chi connectivity index (χ1v) is 8.80. The number of rotatable bonds is 5. The van der Waals surface area contributed by atoms with E-state index in [2.05, 4.69) is 10.4 Å². The van der Waals surface area contributed by atoms with Gasteiger partial charge in [-0.15, -0.1) is 0 Å². The molecule has 0 saturated heterocycles. The second-order valence-corrected chi connectivity index (χ2v) is 6.95. The van der Waals surface area contributed by atoms with Crippen LogP contribution < -0.4 is 5.32 Å². The van der Waals surface area contributed by atoms with Crippen LogP contribution in [0.1, 0.15) is 23.5 Å². The summed E-state index contributed by atoms with van der Waals surface area (Å²) in [4.78, 5) is 12.4. The van der Waals surface area contributed by atoms with E-state index >= 15 is 0 Å². The molecule has 0 spiro atoms. The molecule has 2 aromatic carbocycles. The number of nitrogens with one attached hydrogen (secondary N) is 1. The molecule has 4 nitrogen and oxygen atoms in total. The maximum absolute atomic E-state index is 13.0. The molecule has 2 atom stereocenters. The zero-order valence-electron chi connectivity index (χ0n) is 13.9. The number of hydrogen-bond donors (Lipinski definition) is 1. The molecule has 1 saturated carbocycles. The summed E-state index contributed by atoms with van der Waals surface area (Å²) >= 11 is 5.90. The van der Waals surface area contributed by atoms with E-state index in [1.807, 2.05) is 24.3 Å². The molecule has 3 aromatic rings. The molecular weight excluding hydrogens is 353 g/mol. The van der Waals surface area contributed by atoms with Gasteiger partial charge in [-0.25, -0.2) is 4.39 Å². The van der Waals surface area contributed by atoms with Crippen molar-refractivity contribution in [3.05, 3.63) is 82.8 Å². The lowest BCUT2D eigenvalue weighted by Crippen LogP contribution is -2.15. The Morgan fingerprint density at radius 2 is 1.88 bits per heavy atom. The Labute approximate surface area is 155 Å². The van der Waals surface area contributed by atoms with Gasteiger partial charge in [-0.05, 0) is 47.7 Å². The zero-order valence-corrected chi connectivity index (χ0v) is 14.7. The first kappa shape index (κ1) is 16.8. The van der Waals surface area contributed by atoms with Crippen LogP contribution in [0.4, 0.5) is 10.2 Å². The van der Waals surface area contributed by atoms with E-state index in [4.69, 9.17) is 11.6 Å². The summed E-state index contributed by atoms with van der Waals surface area (Å²) in [5.74, 6) is 0.463. The van der Waals surface area contributed by atoms with E-state index in [1.165, 1.54) is 12.1 Å². The monoisotopic (exact) mass is 369 g/mol. The van der Waals surface area contributed by atoms with Crippen LogP contribution in [0.5, 0.6) is 0 Å². The molecule has 6 heteroatoms. The number of carbonyl (C=O) groups is 1. The summed E-state index contributed by atoms with van der Waals surface area (Å²) in [7, 11) is 0. The maximum Gasteiger partial charge on any atom is 0.229 e. The molecule has 0 aliphatic heterocycles. The predicted molar refractivity (Wildman–Crippen MR) is 98.7 cm³/mol. The summed E-state index contributed by atoms with van der Waals surface area (Å²) in [6.45, 7) is 0.521. The first-order valence-electron chi connectivity index (χ1n) is 8.43. The van der Waals surface area contributed by atoms with E-state index in [9.17, 15) is 9.18 Å². The molecule has 132 valence electrons. The van der Waals surface area contributed by atoms with Crippen molar-refractivity contribution in [2.24, 2.45) is 5.92 Å². The fourth-order valence-corrected chi connectivity index (χ4v) is 3.20. The lowest BCUT2D eigenvalue weighted by atomic mass is 10.1. The highest BCUT2D eigenvalue weighted by atomic mass is 35.5. The van der Waals surface area contributed by atoms with E-state index in [1.54, 1.807) is 29.1 Å². The van der Waals surface area contributed by atoms with Gasteiger partial charge in [0.05, 0.1) is 6.54 Å². The standard InChI is InChI=1S/C20H17ClFN3O/c21-15-5-3-14(4-6-15)17-11-18(17)20(26)23-19-9-10-25(24-19)12-13-1-7-16(22)8-2-13/h1-10,17-18H,11-12H2,(H,23,24,26). The summed E-state index contributed by atoms with van der Waals surface area (Å²) < 4.78 is 14.7. The van der Waals surface area contributed by atoms with Crippen molar-refractivity contribution in [3.63, 3.8) is 0 Å². The number of hydrogen-bond acceptors (Lipinski definition) is 2. The Kier molecular flexibility index (Phi) is 4.47. The fraction of sp³-hybridized carbons (Fsp3) is 0.200. The lowest BCUT2D eigenvalue weighted by molar-refractivity contribution is -0.117. The lowest BCUT2D eigenvalue weighted by Gasteiger charge is -2.03. The van der Waals surface area contributed by atoms with E-state index in [0.29, 0.717) is 17.4 Å². The smallest absolute Gasteiger partial charge is 0.229 e. The number of halogens is 2. The van der Waals surface area contributed by atoms with Gasteiger partial charge < -0.3 is 5.32 Å². The molecule has 0 radical (unpaired) electrons. The largest absolute Gasteiger partial charge is 0.309 e. The van der Waals surface area contributed by atoms with Crippen LogP contribution in [0, 0.1) is 11.7 Å². The van der Waals surface area contributed by atoms with Crippen LogP contribution in [0.15, 0.2) is 60.8 Å². The average molecular weight is 370 g/mol. The van der Waals surface area contributed by atoms with Crippen molar-refractivity contribution < 1.29 is 9.18 Å². The Balaban J connectivity index is 1.35. The highest BCUT2D eigenvalue weighted by Gasteiger charge is 2.44. The van der Waals surface area contributed by atoms with Crippen LogP contribution in [0.3, 0.4) is 0 Å². The first-order chi connectivity index (χ1) is 12.6. The third kappa shape index (κ3) is 3.78. The number of aromatic nitrogens is 2. The topological polar surface area (TPSA) is 46.9 Å². The van der Waals surface area contributed by atoms with Crippen molar-refractivity contribution in [3.8, 4) is 0 Å². The summed E-state index contributed by atoms with van der Waals surface area (Å²) in [5.41, 5.74) is 2.08. The molecular formula is C20H17ClFN3O. The minimum atomic E-state index is -0.262.